The lowest BCUT2D eigenvalue weighted by Crippen LogP contribution is -1.16. The summed E-state index contributed by atoms with van der Waals surface area (Å²) in [5, 5.41) is 21.6. The second kappa shape index (κ2) is 2070. The van der Waals surface area contributed by atoms with Gasteiger partial charge >= 0.3 is 0 Å². The van der Waals surface area contributed by atoms with Crippen molar-refractivity contribution in [2.24, 2.45) is 0 Å². The summed E-state index contributed by atoms with van der Waals surface area (Å²) in [6, 6.07) is 0. The van der Waals surface area contributed by atoms with E-state index in [1.807, 2.05) is 0 Å². The van der Waals surface area contributed by atoms with Gasteiger partial charge in [0.1, 0.15) is 0 Å². The lowest BCUT2D eigenvalue weighted by atomic mass is 11.7. The van der Waals surface area contributed by atoms with Gasteiger partial charge in [-0.25, -0.2) is 40.8 Å². The molecule has 0 aliphatic rings. The minimum absolute atomic E-state index is 0. The number of isocyanates is 4. The molecule has 0 spiro atoms. The van der Waals surface area contributed by atoms with Gasteiger partial charge in [0.05, 0.1) is 0 Å². The summed E-state index contributed by atoms with van der Waals surface area (Å²) in [6.45, 7) is 0. The molecular weight excluding hydrogens is 276 g/mol. The van der Waals surface area contributed by atoms with E-state index in [9.17, 15) is 0 Å². The van der Waals surface area contributed by atoms with Gasteiger partial charge in [0.15, 0.2) is 0 Å². The highest BCUT2D eigenvalue weighted by Gasteiger charge is 1.04. The Morgan fingerprint density at radius 3 is 0.333 bits per heavy atom. The Morgan fingerprint density at radius 1 is 0.333 bits per heavy atom. The Kier molecular flexibility index (Phi) is 18400. The van der Waals surface area contributed by atoms with Crippen molar-refractivity contribution < 1.29 is 19.2 Å². The van der Waals surface area contributed by atoms with Gasteiger partial charge in [0, 0.05) is 0 Å². The van der Waals surface area contributed by atoms with E-state index in [2.05, 4.69) is 0 Å². The third-order valence-corrected chi connectivity index (χ3v) is 0. The fourth-order valence-corrected chi connectivity index (χ4v) is 0. The first-order chi connectivity index (χ1) is 5.66. The monoisotopic (exact) mass is 316 g/mol. The number of nitrogens with one attached hydrogen (secondary N) is 4. The van der Waals surface area contributed by atoms with Crippen molar-refractivity contribution in [3.05, 3.63) is 0 Å². The third kappa shape index (κ3) is 686. The molecule has 0 amide bonds. The van der Waals surface area contributed by atoms with Crippen molar-refractivity contribution in [1.82, 2.24) is 0 Å². The summed E-state index contributed by atoms with van der Waals surface area (Å²) in [5.41, 5.74) is 0. The molecule has 0 atom stereocenters. The minimum atomic E-state index is 0. The fraction of sp³-hybridized carbons (Fsp3) is 0.692. The van der Waals surface area contributed by atoms with Gasteiger partial charge in [0.2, 0.25) is 24.3 Å². The first-order valence-corrected chi connectivity index (χ1v) is 1.82. The largest absolute Gasteiger partial charge is 0.231 e. The molecular formula is C13H40N4O4. The molecule has 8 heteroatoms. The highest BCUT2D eigenvalue weighted by atomic mass is 16.1. The molecule has 21 heavy (non-hydrogen) atoms. The quantitative estimate of drug-likeness (QED) is 0.350. The van der Waals surface area contributed by atoms with E-state index in [1.165, 1.54) is 0 Å². The van der Waals surface area contributed by atoms with Crippen molar-refractivity contribution in [1.29, 1.82) is 21.6 Å². The van der Waals surface area contributed by atoms with Crippen LogP contribution in [-0.4, -0.2) is 24.3 Å². The maximum Gasteiger partial charge on any atom is 0.231 e. The van der Waals surface area contributed by atoms with Crippen molar-refractivity contribution >= 4 is 24.3 Å². The summed E-state index contributed by atoms with van der Waals surface area (Å²) in [5.74, 6) is 0. The normalized spacial score (nSPS) is 1.52. The molecule has 0 rings (SSSR count). The van der Waals surface area contributed by atoms with Crippen LogP contribution >= 0.6 is 0 Å². The van der Waals surface area contributed by atoms with Crippen molar-refractivity contribution in [3.63, 3.8) is 0 Å². The molecule has 0 bridgehead atoms. The Balaban J connectivity index is -0.00000000323. The SMILES string of the molecule is C.C.C.C.C.C.C.C.C.N=C=O.N=C=O.N=C=O.N=C=O. The van der Waals surface area contributed by atoms with Crippen molar-refractivity contribution in [3.8, 4) is 0 Å². The van der Waals surface area contributed by atoms with Crippen LogP contribution in [0.3, 0.4) is 0 Å². The van der Waals surface area contributed by atoms with Crippen LogP contribution in [0.2, 0.25) is 0 Å². The highest BCUT2D eigenvalue weighted by Crippen LogP contribution is 0.877. The average Bonchev–Trinajstić information content (AvgIpc) is 1.92. The Morgan fingerprint density at radius 2 is 0.333 bits per heavy atom. The van der Waals surface area contributed by atoms with E-state index in [1.54, 1.807) is 0 Å². The van der Waals surface area contributed by atoms with Crippen molar-refractivity contribution in [2.75, 3.05) is 0 Å². The van der Waals surface area contributed by atoms with Gasteiger partial charge in [0.25, 0.3) is 0 Å². The molecule has 4 N–H and O–H groups in total. The van der Waals surface area contributed by atoms with Crippen LogP contribution in [0.4, 0.5) is 0 Å². The molecule has 0 aromatic rings. The van der Waals surface area contributed by atoms with E-state index in [0.717, 1.165) is 24.3 Å². The summed E-state index contributed by atoms with van der Waals surface area (Å²) in [7, 11) is 0. The minimum Gasteiger partial charge on any atom is -0.222 e. The molecule has 0 saturated heterocycles. The maximum absolute atomic E-state index is 8.35. The number of rotatable bonds is 0. The van der Waals surface area contributed by atoms with E-state index in [0.29, 0.717) is 0 Å². The second-order valence-corrected chi connectivity index (χ2v) is 0.408. The van der Waals surface area contributed by atoms with Gasteiger partial charge in [-0.15, -0.1) is 0 Å². The Bertz CT molecular complexity index is 160. The molecule has 0 unspecified atom stereocenters. The molecule has 0 aromatic heterocycles. The van der Waals surface area contributed by atoms with Gasteiger partial charge in [-0.3, -0.25) is 0 Å². The molecule has 0 heterocycles. The molecule has 0 aliphatic heterocycles. The number of carbonyl (C=O) groups excluding carboxylic acids is 4. The molecule has 0 aliphatic carbocycles. The van der Waals surface area contributed by atoms with E-state index >= 15 is 0 Å². The molecule has 0 radical (unpaired) electrons. The van der Waals surface area contributed by atoms with Crippen LogP contribution < -0.4 is 0 Å². The zero-order chi connectivity index (χ0) is 10.8. The molecule has 8 nitrogen and oxygen atoms in total. The number of hydrogen-bond donors (Lipinski definition) is 4. The smallest absolute Gasteiger partial charge is 0.222 e. The fourth-order valence-electron chi connectivity index (χ4n) is 0. The second-order valence-electron chi connectivity index (χ2n) is 0.408. The average molecular weight is 316 g/mol. The lowest BCUT2D eigenvalue weighted by molar-refractivity contribution is 0.562. The molecule has 0 aromatic carbocycles. The lowest BCUT2D eigenvalue weighted by Gasteiger charge is -1.02. The van der Waals surface area contributed by atoms with Crippen LogP contribution in [0.1, 0.15) is 66.8 Å². The van der Waals surface area contributed by atoms with E-state index in [4.69, 9.17) is 40.8 Å². The highest BCUT2D eigenvalue weighted by molar-refractivity contribution is 5.26. The van der Waals surface area contributed by atoms with Crippen LogP contribution in [0.25, 0.3) is 0 Å². The van der Waals surface area contributed by atoms with Crippen molar-refractivity contribution in [2.45, 2.75) is 66.8 Å². The van der Waals surface area contributed by atoms with Crippen LogP contribution in [0.5, 0.6) is 0 Å². The summed E-state index contributed by atoms with van der Waals surface area (Å²) in [4.78, 5) is 33.4. The predicted octanol–water partition coefficient (Wildman–Crippen LogP) is 5.33. The van der Waals surface area contributed by atoms with Gasteiger partial charge < -0.3 is 0 Å². The molecule has 136 valence electrons. The Labute approximate surface area is 133 Å². The van der Waals surface area contributed by atoms with Crippen LogP contribution in [-0.2, 0) is 19.2 Å². The van der Waals surface area contributed by atoms with E-state index in [-0.39, 0.29) is 66.8 Å². The topological polar surface area (TPSA) is 164 Å². The van der Waals surface area contributed by atoms with E-state index < -0.39 is 0 Å². The van der Waals surface area contributed by atoms with Gasteiger partial charge in [-0.2, -0.15) is 0 Å². The van der Waals surface area contributed by atoms with Crippen LogP contribution in [0, 0.1) is 21.6 Å². The van der Waals surface area contributed by atoms with Gasteiger partial charge in [-0.1, -0.05) is 66.8 Å². The summed E-state index contributed by atoms with van der Waals surface area (Å²) < 4.78 is 0. The summed E-state index contributed by atoms with van der Waals surface area (Å²) >= 11 is 0. The molecule has 0 saturated carbocycles. The predicted molar refractivity (Wildman–Crippen MR) is 94.2 cm³/mol. The maximum atomic E-state index is 8.35. The zero-order valence-corrected chi connectivity index (χ0v) is 5.63. The Hall–Kier alpha value is -2.48. The summed E-state index contributed by atoms with van der Waals surface area (Å²) in [6.07, 6.45) is 3.00. The van der Waals surface area contributed by atoms with Gasteiger partial charge in [-0.05, 0) is 0 Å². The third-order valence-electron chi connectivity index (χ3n) is 0. The first-order valence-electron chi connectivity index (χ1n) is 1.82. The standard InChI is InChI=1S/4CHNO.9CH4/c4*2-1-3;;;;;;;;;/h4*2H;9*1H4. The van der Waals surface area contributed by atoms with Crippen LogP contribution in [0.15, 0.2) is 0 Å². The zero-order valence-electron chi connectivity index (χ0n) is 5.63. The molecule has 0 fully saturated rings. The first kappa shape index (κ1) is 187. The number of hydrogen-bond acceptors (Lipinski definition) is 8.